The van der Waals surface area contributed by atoms with Gasteiger partial charge in [-0.15, -0.1) is 11.3 Å². The molecule has 1 atom stereocenters. The molecule has 11 heteroatoms. The van der Waals surface area contributed by atoms with Crippen molar-refractivity contribution in [2.45, 2.75) is 24.8 Å². The minimum absolute atomic E-state index is 0.0000746. The summed E-state index contributed by atoms with van der Waals surface area (Å²) in [7, 11) is -3.89. The van der Waals surface area contributed by atoms with Crippen LogP contribution in [0.5, 0.6) is 5.75 Å². The van der Waals surface area contributed by atoms with E-state index in [0.717, 1.165) is 5.56 Å². The highest BCUT2D eigenvalue weighted by molar-refractivity contribution is 7.89. The molecule has 2 aliphatic rings. The molecular weight excluding hydrogens is 450 g/mol. The van der Waals surface area contributed by atoms with Crippen LogP contribution < -0.4 is 10.1 Å². The molecule has 0 bridgehead atoms. The Hall–Kier alpha value is -2.14. The van der Waals surface area contributed by atoms with E-state index in [1.165, 1.54) is 27.8 Å². The molecule has 2 amide bonds. The maximum absolute atomic E-state index is 13.2. The first-order valence-corrected chi connectivity index (χ1v) is 12.0. The van der Waals surface area contributed by atoms with Crippen LogP contribution in [0.4, 0.5) is 5.69 Å². The summed E-state index contributed by atoms with van der Waals surface area (Å²) in [4.78, 5) is 26.7. The number of thiophene rings is 1. The lowest BCUT2D eigenvalue weighted by molar-refractivity contribution is -0.122. The molecule has 30 heavy (non-hydrogen) atoms. The zero-order valence-electron chi connectivity index (χ0n) is 16.3. The monoisotopic (exact) mass is 469 g/mol. The van der Waals surface area contributed by atoms with Crippen LogP contribution in [0.2, 0.25) is 5.02 Å². The molecule has 1 aromatic heterocycles. The fourth-order valence-electron chi connectivity index (χ4n) is 3.41. The average Bonchev–Trinajstić information content (AvgIpc) is 3.14. The number of halogens is 1. The summed E-state index contributed by atoms with van der Waals surface area (Å²) in [5, 5.41) is 4.51. The molecule has 2 aromatic rings. The lowest BCUT2D eigenvalue weighted by Crippen LogP contribution is -2.50. The van der Waals surface area contributed by atoms with Crippen LogP contribution in [-0.4, -0.2) is 61.7 Å². The van der Waals surface area contributed by atoms with Gasteiger partial charge in [0, 0.05) is 32.2 Å². The largest absolute Gasteiger partial charge is 0.479 e. The van der Waals surface area contributed by atoms with Crippen molar-refractivity contribution in [3.8, 4) is 5.75 Å². The predicted octanol–water partition coefficient (Wildman–Crippen LogP) is 2.58. The zero-order valence-corrected chi connectivity index (χ0v) is 18.7. The Kier molecular flexibility index (Phi) is 5.52. The average molecular weight is 470 g/mol. The number of rotatable bonds is 3. The highest BCUT2D eigenvalue weighted by Gasteiger charge is 2.34. The minimum Gasteiger partial charge on any atom is -0.479 e. The lowest BCUT2D eigenvalue weighted by atomic mass is 10.2. The number of hydrogen-bond donors (Lipinski definition) is 1. The summed E-state index contributed by atoms with van der Waals surface area (Å²) in [6.45, 7) is 4.38. The third kappa shape index (κ3) is 3.68. The van der Waals surface area contributed by atoms with Gasteiger partial charge in [0.2, 0.25) is 10.0 Å². The highest BCUT2D eigenvalue weighted by Crippen LogP contribution is 2.38. The Labute approximate surface area is 183 Å². The van der Waals surface area contributed by atoms with Crippen molar-refractivity contribution in [1.82, 2.24) is 9.21 Å². The van der Waals surface area contributed by atoms with Crippen molar-refractivity contribution in [2.24, 2.45) is 0 Å². The van der Waals surface area contributed by atoms with E-state index in [9.17, 15) is 18.0 Å². The molecule has 3 heterocycles. The van der Waals surface area contributed by atoms with Gasteiger partial charge in [-0.25, -0.2) is 8.42 Å². The summed E-state index contributed by atoms with van der Waals surface area (Å²) in [5.74, 6) is -0.146. The standard InChI is InChI=1S/C19H20ClN3O5S2/c1-11-3-8-29-17(11)19(25)22-4-6-23(7-5-22)30(26,27)16-10-15-14(9-13(16)20)21-18(24)12(2)28-15/h3,8-10,12H,4-7H2,1-2H3,(H,21,24)/t12-/m0/s1. The highest BCUT2D eigenvalue weighted by atomic mass is 35.5. The van der Waals surface area contributed by atoms with Crippen LogP contribution in [0, 0.1) is 6.92 Å². The fraction of sp³-hybridized carbons (Fsp3) is 0.368. The number of fused-ring (bicyclic) bond motifs is 1. The summed E-state index contributed by atoms with van der Waals surface area (Å²) in [6.07, 6.45) is -0.732. The van der Waals surface area contributed by atoms with Gasteiger partial charge in [-0.05, 0) is 36.9 Å². The van der Waals surface area contributed by atoms with E-state index in [1.807, 2.05) is 18.4 Å². The van der Waals surface area contributed by atoms with Crippen LogP contribution >= 0.6 is 22.9 Å². The number of hydrogen-bond acceptors (Lipinski definition) is 6. The molecule has 1 aromatic carbocycles. The van der Waals surface area contributed by atoms with Crippen molar-refractivity contribution in [2.75, 3.05) is 31.5 Å². The van der Waals surface area contributed by atoms with Gasteiger partial charge in [-0.2, -0.15) is 4.31 Å². The third-order valence-electron chi connectivity index (χ3n) is 5.16. The number of ether oxygens (including phenoxy) is 1. The molecule has 0 spiro atoms. The molecule has 8 nitrogen and oxygen atoms in total. The fourth-order valence-corrected chi connectivity index (χ4v) is 6.24. The molecule has 0 aliphatic carbocycles. The minimum atomic E-state index is -3.89. The van der Waals surface area contributed by atoms with Crippen molar-refractivity contribution in [3.63, 3.8) is 0 Å². The number of nitrogens with one attached hydrogen (secondary N) is 1. The van der Waals surface area contributed by atoms with Gasteiger partial charge in [0.25, 0.3) is 11.8 Å². The van der Waals surface area contributed by atoms with Crippen LogP contribution in [0.3, 0.4) is 0 Å². The van der Waals surface area contributed by atoms with Gasteiger partial charge in [0.15, 0.2) is 6.10 Å². The van der Waals surface area contributed by atoms with E-state index < -0.39 is 16.1 Å². The molecule has 0 unspecified atom stereocenters. The molecular formula is C19H20ClN3O5S2. The maximum atomic E-state index is 13.2. The summed E-state index contributed by atoms with van der Waals surface area (Å²) >= 11 is 7.62. The number of anilines is 1. The first kappa shape index (κ1) is 21.1. The van der Waals surface area contributed by atoms with Crippen molar-refractivity contribution < 1.29 is 22.7 Å². The third-order valence-corrected chi connectivity index (χ3v) is 8.53. The maximum Gasteiger partial charge on any atom is 0.265 e. The quantitative estimate of drug-likeness (QED) is 0.745. The SMILES string of the molecule is Cc1ccsc1C(=O)N1CCN(S(=O)(=O)c2cc3c(cc2Cl)NC(=O)[C@H](C)O3)CC1. The van der Waals surface area contributed by atoms with Crippen LogP contribution in [0.25, 0.3) is 0 Å². The van der Waals surface area contributed by atoms with Gasteiger partial charge >= 0.3 is 0 Å². The molecule has 4 rings (SSSR count). The Morgan fingerprint density at radius 2 is 1.97 bits per heavy atom. The van der Waals surface area contributed by atoms with Crippen LogP contribution in [0.1, 0.15) is 22.2 Å². The molecule has 1 fully saturated rings. The van der Waals surface area contributed by atoms with Crippen molar-refractivity contribution in [1.29, 1.82) is 0 Å². The van der Waals surface area contributed by atoms with Crippen LogP contribution in [-0.2, 0) is 14.8 Å². The first-order valence-electron chi connectivity index (χ1n) is 9.33. The molecule has 160 valence electrons. The van der Waals surface area contributed by atoms with E-state index in [0.29, 0.717) is 23.7 Å². The summed E-state index contributed by atoms with van der Waals surface area (Å²) in [6, 6.07) is 4.62. The Morgan fingerprint density at radius 1 is 1.27 bits per heavy atom. The van der Waals surface area contributed by atoms with E-state index >= 15 is 0 Å². The second kappa shape index (κ2) is 7.84. The number of carbonyl (C=O) groups is 2. The molecule has 0 radical (unpaired) electrons. The number of piperazine rings is 1. The molecule has 2 aliphatic heterocycles. The lowest BCUT2D eigenvalue weighted by Gasteiger charge is -2.34. The predicted molar refractivity (Wildman–Crippen MR) is 114 cm³/mol. The number of aryl methyl sites for hydroxylation is 1. The van der Waals surface area contributed by atoms with Gasteiger partial charge in [-0.3, -0.25) is 9.59 Å². The number of benzene rings is 1. The Morgan fingerprint density at radius 3 is 2.60 bits per heavy atom. The van der Waals surface area contributed by atoms with Gasteiger partial charge < -0.3 is 15.0 Å². The topological polar surface area (TPSA) is 96.0 Å². The molecule has 1 N–H and O–H groups in total. The summed E-state index contributed by atoms with van der Waals surface area (Å²) in [5.41, 5.74) is 1.26. The number of sulfonamides is 1. The van der Waals surface area contributed by atoms with E-state index in [-0.39, 0.29) is 40.6 Å². The van der Waals surface area contributed by atoms with Crippen molar-refractivity contribution >= 4 is 50.5 Å². The van der Waals surface area contributed by atoms with Gasteiger partial charge in [0.1, 0.15) is 10.6 Å². The number of amides is 2. The second-order valence-corrected chi connectivity index (χ2v) is 10.4. The Balaban J connectivity index is 1.53. The molecule has 0 saturated carbocycles. The van der Waals surface area contributed by atoms with Crippen LogP contribution in [0.15, 0.2) is 28.5 Å². The van der Waals surface area contributed by atoms with Gasteiger partial charge in [-0.1, -0.05) is 11.6 Å². The first-order chi connectivity index (χ1) is 14.2. The van der Waals surface area contributed by atoms with E-state index in [1.54, 1.807) is 11.8 Å². The van der Waals surface area contributed by atoms with Gasteiger partial charge in [0.05, 0.1) is 15.6 Å². The summed E-state index contributed by atoms with van der Waals surface area (Å²) < 4.78 is 33.2. The normalized spacial score (nSPS) is 19.8. The van der Waals surface area contributed by atoms with E-state index in [4.69, 9.17) is 16.3 Å². The number of carbonyl (C=O) groups excluding carboxylic acids is 2. The number of nitrogens with zero attached hydrogens (tertiary/aromatic N) is 2. The molecule has 1 saturated heterocycles. The smallest absolute Gasteiger partial charge is 0.265 e. The Bertz CT molecular complexity index is 1120. The zero-order chi connectivity index (χ0) is 21.6. The van der Waals surface area contributed by atoms with Crippen molar-refractivity contribution in [3.05, 3.63) is 39.0 Å². The van der Waals surface area contributed by atoms with E-state index in [2.05, 4.69) is 5.32 Å². The second-order valence-electron chi connectivity index (χ2n) is 7.16.